The van der Waals surface area contributed by atoms with Gasteiger partial charge in [-0.2, -0.15) is 0 Å². The van der Waals surface area contributed by atoms with Crippen LogP contribution in [0.4, 0.5) is 13.9 Å². The summed E-state index contributed by atoms with van der Waals surface area (Å²) in [7, 11) is 0. The third-order valence-electron chi connectivity index (χ3n) is 3.28. The summed E-state index contributed by atoms with van der Waals surface area (Å²) >= 11 is 2.72. The predicted octanol–water partition coefficient (Wildman–Crippen LogP) is 4.74. The number of rotatable bonds is 6. The number of halogens is 2. The highest BCUT2D eigenvalue weighted by molar-refractivity contribution is 8.00. The number of aromatic nitrogens is 1. The van der Waals surface area contributed by atoms with Gasteiger partial charge in [0.15, 0.2) is 5.13 Å². The Morgan fingerprint density at radius 1 is 1.04 bits per heavy atom. The van der Waals surface area contributed by atoms with Crippen molar-refractivity contribution >= 4 is 34.1 Å². The molecule has 1 N–H and O–H groups in total. The average molecular weight is 376 g/mol. The van der Waals surface area contributed by atoms with E-state index >= 15 is 0 Å². The largest absolute Gasteiger partial charge is 0.301 e. The molecule has 3 nitrogen and oxygen atoms in total. The molecule has 0 unspecified atom stereocenters. The molecule has 0 aliphatic carbocycles. The molecule has 25 heavy (non-hydrogen) atoms. The van der Waals surface area contributed by atoms with Crippen molar-refractivity contribution in [2.75, 3.05) is 11.1 Å². The first-order valence-electron chi connectivity index (χ1n) is 7.46. The molecule has 1 amide bonds. The SMILES string of the molecule is O=C(CSc1ccc(F)cc1)Nc1ncc(Cc2ccc(F)cc2)s1. The van der Waals surface area contributed by atoms with E-state index in [1.165, 1.54) is 47.4 Å². The zero-order valence-corrected chi connectivity index (χ0v) is 14.7. The Bertz CT molecular complexity index is 848. The van der Waals surface area contributed by atoms with Gasteiger partial charge in [-0.1, -0.05) is 12.1 Å². The van der Waals surface area contributed by atoms with Crippen molar-refractivity contribution in [3.05, 3.63) is 76.8 Å². The maximum Gasteiger partial charge on any atom is 0.236 e. The fraction of sp³-hybridized carbons (Fsp3) is 0.111. The molecule has 3 rings (SSSR count). The van der Waals surface area contributed by atoms with Crippen LogP contribution >= 0.6 is 23.1 Å². The summed E-state index contributed by atoms with van der Waals surface area (Å²) in [4.78, 5) is 18.0. The molecule has 0 saturated carbocycles. The van der Waals surface area contributed by atoms with Gasteiger partial charge in [0.25, 0.3) is 0 Å². The molecule has 0 fully saturated rings. The van der Waals surface area contributed by atoms with E-state index in [0.29, 0.717) is 11.6 Å². The zero-order valence-electron chi connectivity index (χ0n) is 13.0. The Morgan fingerprint density at radius 2 is 1.68 bits per heavy atom. The van der Waals surface area contributed by atoms with Crippen LogP contribution in [0.2, 0.25) is 0 Å². The fourth-order valence-corrected chi connectivity index (χ4v) is 3.65. The van der Waals surface area contributed by atoms with Crippen LogP contribution in [-0.4, -0.2) is 16.6 Å². The smallest absolute Gasteiger partial charge is 0.236 e. The van der Waals surface area contributed by atoms with E-state index in [-0.39, 0.29) is 23.3 Å². The molecular formula is C18H14F2N2OS2. The van der Waals surface area contributed by atoms with Gasteiger partial charge in [0.1, 0.15) is 11.6 Å². The summed E-state index contributed by atoms with van der Waals surface area (Å²) in [6, 6.07) is 12.3. The van der Waals surface area contributed by atoms with Crippen LogP contribution in [0, 0.1) is 11.6 Å². The number of thiazole rings is 1. The molecule has 0 saturated heterocycles. The van der Waals surface area contributed by atoms with Gasteiger partial charge >= 0.3 is 0 Å². The minimum absolute atomic E-state index is 0.169. The van der Waals surface area contributed by atoms with Gasteiger partial charge < -0.3 is 5.32 Å². The summed E-state index contributed by atoms with van der Waals surface area (Å²) in [5.41, 5.74) is 0.981. The first-order valence-corrected chi connectivity index (χ1v) is 9.26. The number of carbonyl (C=O) groups excluding carboxylic acids is 1. The summed E-state index contributed by atoms with van der Waals surface area (Å²) in [6.45, 7) is 0. The third-order valence-corrected chi connectivity index (χ3v) is 5.20. The topological polar surface area (TPSA) is 42.0 Å². The molecule has 7 heteroatoms. The minimum Gasteiger partial charge on any atom is -0.301 e. The summed E-state index contributed by atoms with van der Waals surface area (Å²) in [5, 5.41) is 3.28. The maximum absolute atomic E-state index is 12.9. The number of nitrogens with zero attached hydrogens (tertiary/aromatic N) is 1. The van der Waals surface area contributed by atoms with Gasteiger partial charge in [0.05, 0.1) is 5.75 Å². The van der Waals surface area contributed by atoms with Crippen molar-refractivity contribution in [1.82, 2.24) is 4.98 Å². The van der Waals surface area contributed by atoms with Crippen molar-refractivity contribution in [2.45, 2.75) is 11.3 Å². The zero-order chi connectivity index (χ0) is 17.6. The number of hydrogen-bond acceptors (Lipinski definition) is 4. The fourth-order valence-electron chi connectivity index (χ4n) is 2.09. The van der Waals surface area contributed by atoms with E-state index < -0.39 is 0 Å². The van der Waals surface area contributed by atoms with Crippen LogP contribution in [0.15, 0.2) is 59.6 Å². The average Bonchev–Trinajstić information content (AvgIpc) is 3.03. The molecule has 1 aromatic heterocycles. The van der Waals surface area contributed by atoms with E-state index in [4.69, 9.17) is 0 Å². The van der Waals surface area contributed by atoms with E-state index in [0.717, 1.165) is 15.3 Å². The molecule has 0 aliphatic heterocycles. The second kappa shape index (κ2) is 8.22. The standard InChI is InChI=1S/C18H14F2N2OS2/c19-13-3-1-12(2-4-13)9-16-10-21-18(25-16)22-17(23)11-24-15-7-5-14(20)6-8-15/h1-8,10H,9,11H2,(H,21,22,23). The maximum atomic E-state index is 12.9. The summed E-state index contributed by atoms with van der Waals surface area (Å²) < 4.78 is 25.7. The highest BCUT2D eigenvalue weighted by atomic mass is 32.2. The Morgan fingerprint density at radius 3 is 2.36 bits per heavy atom. The van der Waals surface area contributed by atoms with Crippen LogP contribution in [0.25, 0.3) is 0 Å². The van der Waals surface area contributed by atoms with Gasteiger partial charge in [0, 0.05) is 22.4 Å². The first-order chi connectivity index (χ1) is 12.1. The van der Waals surface area contributed by atoms with E-state index in [1.807, 2.05) is 0 Å². The summed E-state index contributed by atoms with van der Waals surface area (Å²) in [6.07, 6.45) is 2.34. The lowest BCUT2D eigenvalue weighted by atomic mass is 10.1. The Hall–Kier alpha value is -2.25. The quantitative estimate of drug-likeness (QED) is 0.632. The van der Waals surface area contributed by atoms with Crippen molar-refractivity contribution < 1.29 is 13.6 Å². The first kappa shape index (κ1) is 17.6. The van der Waals surface area contributed by atoms with Gasteiger partial charge in [-0.25, -0.2) is 13.8 Å². The molecule has 0 atom stereocenters. The van der Waals surface area contributed by atoms with Gasteiger partial charge in [-0.3, -0.25) is 4.79 Å². The number of thioether (sulfide) groups is 1. The number of benzene rings is 2. The minimum atomic E-state index is -0.301. The van der Waals surface area contributed by atoms with E-state index in [1.54, 1.807) is 30.5 Å². The van der Waals surface area contributed by atoms with Crippen LogP contribution in [0.5, 0.6) is 0 Å². The van der Waals surface area contributed by atoms with Gasteiger partial charge in [-0.05, 0) is 42.0 Å². The van der Waals surface area contributed by atoms with Gasteiger partial charge in [0.2, 0.25) is 5.91 Å². The van der Waals surface area contributed by atoms with E-state index in [2.05, 4.69) is 10.3 Å². The van der Waals surface area contributed by atoms with Crippen LogP contribution in [0.1, 0.15) is 10.4 Å². The molecule has 3 aromatic rings. The Balaban J connectivity index is 1.51. The van der Waals surface area contributed by atoms with Crippen molar-refractivity contribution in [2.24, 2.45) is 0 Å². The van der Waals surface area contributed by atoms with Crippen LogP contribution in [0.3, 0.4) is 0 Å². The third kappa shape index (κ3) is 5.37. The number of carbonyl (C=O) groups is 1. The van der Waals surface area contributed by atoms with E-state index in [9.17, 15) is 13.6 Å². The van der Waals surface area contributed by atoms with Gasteiger partial charge in [-0.15, -0.1) is 23.1 Å². The highest BCUT2D eigenvalue weighted by Crippen LogP contribution is 2.23. The monoisotopic (exact) mass is 376 g/mol. The Kier molecular flexibility index (Phi) is 5.78. The van der Waals surface area contributed by atoms with Crippen LogP contribution < -0.4 is 5.32 Å². The van der Waals surface area contributed by atoms with Crippen molar-refractivity contribution in [1.29, 1.82) is 0 Å². The van der Waals surface area contributed by atoms with Crippen LogP contribution in [-0.2, 0) is 11.2 Å². The lowest BCUT2D eigenvalue weighted by Crippen LogP contribution is -2.13. The number of anilines is 1. The molecule has 0 bridgehead atoms. The van der Waals surface area contributed by atoms with Crippen molar-refractivity contribution in [3.63, 3.8) is 0 Å². The summed E-state index contributed by atoms with van der Waals surface area (Å²) in [5.74, 6) is -0.514. The predicted molar refractivity (Wildman–Crippen MR) is 97.1 cm³/mol. The normalized spacial score (nSPS) is 10.6. The molecule has 128 valence electrons. The number of hydrogen-bond donors (Lipinski definition) is 1. The molecule has 1 heterocycles. The number of nitrogens with one attached hydrogen (secondary N) is 1. The lowest BCUT2D eigenvalue weighted by molar-refractivity contribution is -0.113. The molecule has 0 radical (unpaired) electrons. The molecular weight excluding hydrogens is 362 g/mol. The highest BCUT2D eigenvalue weighted by Gasteiger charge is 2.08. The number of amides is 1. The molecule has 2 aromatic carbocycles. The molecule has 0 aliphatic rings. The van der Waals surface area contributed by atoms with Crippen molar-refractivity contribution in [3.8, 4) is 0 Å². The lowest BCUT2D eigenvalue weighted by Gasteiger charge is -2.02. The Labute approximate surface area is 152 Å². The second-order valence-electron chi connectivity index (χ2n) is 5.23. The second-order valence-corrected chi connectivity index (χ2v) is 7.39. The molecule has 0 spiro atoms.